The van der Waals surface area contributed by atoms with Crippen LogP contribution in [0.2, 0.25) is 0 Å². The Bertz CT molecular complexity index is 915. The average Bonchev–Trinajstić information content (AvgIpc) is 3.34. The van der Waals surface area contributed by atoms with Crippen LogP contribution in [0.3, 0.4) is 0 Å². The molecule has 0 bridgehead atoms. The second-order valence-electron chi connectivity index (χ2n) is 6.12. The van der Waals surface area contributed by atoms with Gasteiger partial charge < -0.3 is 9.13 Å². The summed E-state index contributed by atoms with van der Waals surface area (Å²) in [6, 6.07) is 13.4. The first-order chi connectivity index (χ1) is 11.9. The van der Waals surface area contributed by atoms with Gasteiger partial charge in [-0.05, 0) is 59.4 Å². The number of hydrogen-bond acceptors (Lipinski definition) is 2. The molecule has 0 spiro atoms. The molecule has 2 aromatic carbocycles. The van der Waals surface area contributed by atoms with Crippen LogP contribution in [0.4, 0.5) is 0 Å². The van der Waals surface area contributed by atoms with Crippen molar-refractivity contribution in [3.8, 4) is 22.5 Å². The minimum Gasteiger partial charge on any atom is -0.306 e. The number of fused-ring (bicyclic) bond motifs is 3. The van der Waals surface area contributed by atoms with Crippen molar-refractivity contribution in [3.63, 3.8) is 0 Å². The Kier molecular flexibility index (Phi) is 2.88. The lowest BCUT2D eigenvalue weighted by Crippen LogP contribution is -2.06. The van der Waals surface area contributed by atoms with Crippen LogP contribution in [-0.4, -0.2) is 19.1 Å². The lowest BCUT2D eigenvalue weighted by Gasteiger charge is -2.21. The van der Waals surface area contributed by atoms with Gasteiger partial charge in [0.1, 0.15) is 0 Å². The molecule has 0 saturated heterocycles. The normalized spacial score (nSPS) is 12.7. The second-order valence-corrected chi connectivity index (χ2v) is 6.12. The molecule has 2 aromatic heterocycles. The van der Waals surface area contributed by atoms with E-state index in [1.165, 1.54) is 33.6 Å². The fourth-order valence-corrected chi connectivity index (χ4v) is 3.51. The molecule has 4 nitrogen and oxygen atoms in total. The number of nitrogens with zero attached hydrogens (tertiary/aromatic N) is 4. The summed E-state index contributed by atoms with van der Waals surface area (Å²) in [5.41, 5.74) is 7.84. The number of rotatable bonds is 2. The minimum atomic E-state index is 1.07. The summed E-state index contributed by atoms with van der Waals surface area (Å²) in [6.45, 7) is 0. The van der Waals surface area contributed by atoms with E-state index in [9.17, 15) is 0 Å². The van der Waals surface area contributed by atoms with Crippen molar-refractivity contribution in [2.75, 3.05) is 0 Å². The molecule has 0 unspecified atom stereocenters. The highest BCUT2D eigenvalue weighted by atomic mass is 15.0. The van der Waals surface area contributed by atoms with Crippen molar-refractivity contribution < 1.29 is 0 Å². The van der Waals surface area contributed by atoms with E-state index in [0.29, 0.717) is 0 Å². The minimum absolute atomic E-state index is 1.07. The Balaban J connectivity index is 1.59. The molecule has 5 rings (SSSR count). The summed E-state index contributed by atoms with van der Waals surface area (Å²) in [6.07, 6.45) is 13.4. The van der Waals surface area contributed by atoms with Gasteiger partial charge in [-0.2, -0.15) is 0 Å². The first-order valence-electron chi connectivity index (χ1n) is 8.11. The van der Waals surface area contributed by atoms with E-state index in [-0.39, 0.29) is 0 Å². The highest BCUT2D eigenvalue weighted by Crippen LogP contribution is 2.35. The molecule has 2 heterocycles. The van der Waals surface area contributed by atoms with E-state index in [1.807, 2.05) is 37.4 Å². The zero-order chi connectivity index (χ0) is 15.9. The lowest BCUT2D eigenvalue weighted by molar-refractivity contribution is 0.928. The first kappa shape index (κ1) is 13.3. The van der Waals surface area contributed by atoms with Gasteiger partial charge in [-0.15, -0.1) is 0 Å². The van der Waals surface area contributed by atoms with Crippen molar-refractivity contribution in [3.05, 3.63) is 85.0 Å². The van der Waals surface area contributed by atoms with E-state index in [4.69, 9.17) is 0 Å². The molecule has 0 radical (unpaired) electrons. The fraction of sp³-hybridized carbons (Fsp3) is 0.100. The van der Waals surface area contributed by atoms with Crippen molar-refractivity contribution >= 4 is 0 Å². The molecule has 0 N–H and O–H groups in total. The smallest absolute Gasteiger partial charge is 0.0991 e. The van der Waals surface area contributed by atoms with Crippen LogP contribution in [0, 0.1) is 0 Å². The average molecular weight is 312 g/mol. The van der Waals surface area contributed by atoms with Crippen LogP contribution in [0.5, 0.6) is 0 Å². The summed E-state index contributed by atoms with van der Waals surface area (Å²) in [4.78, 5) is 8.27. The van der Waals surface area contributed by atoms with E-state index in [2.05, 4.69) is 55.5 Å². The largest absolute Gasteiger partial charge is 0.306 e. The zero-order valence-electron chi connectivity index (χ0n) is 13.1. The van der Waals surface area contributed by atoms with Crippen LogP contribution >= 0.6 is 0 Å². The molecular weight excluding hydrogens is 296 g/mol. The third-order valence-electron chi connectivity index (χ3n) is 4.74. The number of imidazole rings is 2. The standard InChI is InChI=1S/C20H16N4/c1-2-16-12-18(24-10-8-22-14-24)4-6-20(16)19-5-3-17(11-15(1)19)23-9-7-21-13-23/h3-14H,1-2H2. The predicted octanol–water partition coefficient (Wildman–Crippen LogP) is 3.82. The Labute approximate surface area is 140 Å². The topological polar surface area (TPSA) is 35.6 Å². The molecular formula is C20H16N4. The van der Waals surface area contributed by atoms with E-state index in [0.717, 1.165) is 12.8 Å². The predicted molar refractivity (Wildman–Crippen MR) is 93.5 cm³/mol. The van der Waals surface area contributed by atoms with Crippen LogP contribution in [0.15, 0.2) is 73.8 Å². The highest BCUT2D eigenvalue weighted by Gasteiger charge is 2.17. The van der Waals surface area contributed by atoms with Gasteiger partial charge in [0.25, 0.3) is 0 Å². The molecule has 1 aliphatic rings. The van der Waals surface area contributed by atoms with Gasteiger partial charge in [0.05, 0.1) is 12.7 Å². The Morgan fingerprint density at radius 1 is 0.667 bits per heavy atom. The molecule has 0 fully saturated rings. The van der Waals surface area contributed by atoms with Crippen LogP contribution in [-0.2, 0) is 12.8 Å². The molecule has 0 aliphatic heterocycles. The third kappa shape index (κ3) is 2.07. The quantitative estimate of drug-likeness (QED) is 0.564. The Morgan fingerprint density at radius 2 is 1.17 bits per heavy atom. The van der Waals surface area contributed by atoms with Crippen LogP contribution < -0.4 is 0 Å². The van der Waals surface area contributed by atoms with Gasteiger partial charge in [0.2, 0.25) is 0 Å². The van der Waals surface area contributed by atoms with E-state index < -0.39 is 0 Å². The molecule has 4 heteroatoms. The van der Waals surface area contributed by atoms with E-state index >= 15 is 0 Å². The van der Waals surface area contributed by atoms with Gasteiger partial charge >= 0.3 is 0 Å². The number of benzene rings is 2. The number of hydrogen-bond donors (Lipinski definition) is 0. The summed E-state index contributed by atoms with van der Waals surface area (Å²) in [5.74, 6) is 0. The van der Waals surface area contributed by atoms with Crippen molar-refractivity contribution in [1.82, 2.24) is 19.1 Å². The summed E-state index contributed by atoms with van der Waals surface area (Å²) >= 11 is 0. The van der Waals surface area contributed by atoms with Gasteiger partial charge in [0.15, 0.2) is 0 Å². The maximum Gasteiger partial charge on any atom is 0.0991 e. The number of aromatic nitrogens is 4. The van der Waals surface area contributed by atoms with E-state index in [1.54, 1.807) is 0 Å². The molecule has 1 aliphatic carbocycles. The molecule has 24 heavy (non-hydrogen) atoms. The molecule has 0 saturated carbocycles. The first-order valence-corrected chi connectivity index (χ1v) is 8.11. The molecule has 116 valence electrons. The van der Waals surface area contributed by atoms with Gasteiger partial charge in [0, 0.05) is 36.2 Å². The fourth-order valence-electron chi connectivity index (χ4n) is 3.51. The maximum absolute atomic E-state index is 4.14. The van der Waals surface area contributed by atoms with Gasteiger partial charge in [-0.1, -0.05) is 12.1 Å². The highest BCUT2D eigenvalue weighted by molar-refractivity contribution is 5.75. The monoisotopic (exact) mass is 312 g/mol. The molecule has 4 aromatic rings. The molecule has 0 amide bonds. The Morgan fingerprint density at radius 3 is 1.58 bits per heavy atom. The Hall–Kier alpha value is -3.14. The van der Waals surface area contributed by atoms with Crippen LogP contribution in [0.1, 0.15) is 11.1 Å². The van der Waals surface area contributed by atoms with Crippen LogP contribution in [0.25, 0.3) is 22.5 Å². The van der Waals surface area contributed by atoms with Crippen molar-refractivity contribution in [2.24, 2.45) is 0 Å². The SMILES string of the molecule is c1cn(-c2ccc3c(c2)CCc2cc(-n4ccnc4)ccc2-3)cn1. The van der Waals surface area contributed by atoms with Crippen molar-refractivity contribution in [1.29, 1.82) is 0 Å². The van der Waals surface area contributed by atoms with Gasteiger partial charge in [-0.25, -0.2) is 9.97 Å². The third-order valence-corrected chi connectivity index (χ3v) is 4.74. The lowest BCUT2D eigenvalue weighted by atomic mass is 9.85. The number of aryl methyl sites for hydroxylation is 2. The summed E-state index contributed by atoms with van der Waals surface area (Å²) in [5, 5.41) is 0. The second kappa shape index (κ2) is 5.20. The summed E-state index contributed by atoms with van der Waals surface area (Å²) < 4.78 is 4.11. The van der Waals surface area contributed by atoms with Crippen molar-refractivity contribution in [2.45, 2.75) is 12.8 Å². The summed E-state index contributed by atoms with van der Waals surface area (Å²) in [7, 11) is 0. The van der Waals surface area contributed by atoms with Gasteiger partial charge in [-0.3, -0.25) is 0 Å². The zero-order valence-corrected chi connectivity index (χ0v) is 13.1. The molecule has 0 atom stereocenters. The maximum atomic E-state index is 4.14.